The fourth-order valence-corrected chi connectivity index (χ4v) is 3.23. The van der Waals surface area contributed by atoms with Crippen molar-refractivity contribution in [3.05, 3.63) is 28.5 Å². The number of hydrogen-bond acceptors (Lipinski definition) is 4. The van der Waals surface area contributed by atoms with Gasteiger partial charge in [-0.25, -0.2) is 17.6 Å². The van der Waals surface area contributed by atoms with Gasteiger partial charge in [-0.3, -0.25) is 0 Å². The van der Waals surface area contributed by atoms with Gasteiger partial charge in [0.25, 0.3) is 9.05 Å². The maximum Gasteiger partial charge on any atom is 0.339 e. The van der Waals surface area contributed by atoms with E-state index in [9.17, 15) is 17.6 Å². The highest BCUT2D eigenvalue weighted by molar-refractivity contribution is 8.13. The molecule has 0 spiro atoms. The van der Waals surface area contributed by atoms with Crippen molar-refractivity contribution >= 4 is 37.3 Å². The highest BCUT2D eigenvalue weighted by Crippen LogP contribution is 2.28. The summed E-state index contributed by atoms with van der Waals surface area (Å²) in [5.41, 5.74) is -0.209. The Kier molecular flexibility index (Phi) is 4.56. The molecule has 0 heterocycles. The summed E-state index contributed by atoms with van der Waals surface area (Å²) < 4.78 is 41.1. The Morgan fingerprint density at radius 2 is 1.90 bits per heavy atom. The van der Waals surface area contributed by atoms with Gasteiger partial charge in [0.05, 0.1) is 10.6 Å². The molecule has 20 heavy (non-hydrogen) atoms. The van der Waals surface area contributed by atoms with Crippen molar-refractivity contribution < 1.29 is 22.3 Å². The molecule has 0 bridgehead atoms. The molecular weight excluding hydrogens is 330 g/mol. The lowest BCUT2D eigenvalue weighted by Crippen LogP contribution is -2.15. The molecule has 110 valence electrons. The van der Waals surface area contributed by atoms with Crippen LogP contribution < -0.4 is 0 Å². The van der Waals surface area contributed by atoms with Gasteiger partial charge in [0.1, 0.15) is 16.8 Å². The van der Waals surface area contributed by atoms with Gasteiger partial charge >= 0.3 is 5.97 Å². The summed E-state index contributed by atoms with van der Waals surface area (Å²) in [6, 6.07) is 1.54. The largest absolute Gasteiger partial charge is 0.459 e. The van der Waals surface area contributed by atoms with Crippen LogP contribution in [0.4, 0.5) is 4.39 Å². The molecule has 1 fully saturated rings. The number of hydrogen-bond donors (Lipinski definition) is 0. The summed E-state index contributed by atoms with van der Waals surface area (Å²) in [5.74, 6) is -1.88. The van der Waals surface area contributed by atoms with Crippen molar-refractivity contribution in [1.82, 2.24) is 0 Å². The topological polar surface area (TPSA) is 60.4 Å². The first-order valence-corrected chi connectivity index (χ1v) is 8.62. The minimum absolute atomic E-state index is 0.209. The quantitative estimate of drug-likeness (QED) is 0.624. The molecular formula is C12H11Cl2FO4S. The molecule has 0 N–H and O–H groups in total. The van der Waals surface area contributed by atoms with Crippen molar-refractivity contribution in [2.24, 2.45) is 0 Å². The number of rotatable bonds is 3. The first-order chi connectivity index (χ1) is 9.29. The third-order valence-electron chi connectivity index (χ3n) is 3.08. The number of halogens is 3. The second-order valence-corrected chi connectivity index (χ2v) is 7.45. The lowest BCUT2D eigenvalue weighted by atomic mass is 10.2. The molecule has 1 aliphatic rings. The maximum atomic E-state index is 13.5. The number of esters is 1. The molecule has 0 saturated heterocycles. The van der Waals surface area contributed by atoms with Crippen LogP contribution in [0, 0.1) is 5.82 Å². The van der Waals surface area contributed by atoms with Crippen molar-refractivity contribution in [2.45, 2.75) is 36.7 Å². The Labute approximate surface area is 125 Å². The van der Waals surface area contributed by atoms with E-state index in [0.717, 1.165) is 37.8 Å². The smallest absolute Gasteiger partial charge is 0.339 e. The molecule has 1 aromatic rings. The zero-order valence-corrected chi connectivity index (χ0v) is 12.6. The zero-order valence-electron chi connectivity index (χ0n) is 10.2. The van der Waals surface area contributed by atoms with E-state index in [1.807, 2.05) is 0 Å². The summed E-state index contributed by atoms with van der Waals surface area (Å²) >= 11 is 5.75. The van der Waals surface area contributed by atoms with Crippen molar-refractivity contribution in [2.75, 3.05) is 0 Å². The minimum Gasteiger partial charge on any atom is -0.459 e. The Hall–Kier alpha value is -0.850. The number of ether oxygens (including phenoxy) is 1. The second kappa shape index (κ2) is 5.87. The molecule has 2 rings (SSSR count). The predicted molar refractivity (Wildman–Crippen MR) is 72.1 cm³/mol. The summed E-state index contributed by atoms with van der Waals surface area (Å²) in [4.78, 5) is 11.2. The van der Waals surface area contributed by atoms with E-state index in [2.05, 4.69) is 0 Å². The zero-order chi connectivity index (χ0) is 14.9. The normalized spacial score (nSPS) is 16.4. The molecule has 1 aromatic carbocycles. The van der Waals surface area contributed by atoms with E-state index in [4.69, 9.17) is 27.0 Å². The molecule has 8 heteroatoms. The van der Waals surface area contributed by atoms with Crippen LogP contribution in [-0.2, 0) is 13.8 Å². The predicted octanol–water partition coefficient (Wildman–Crippen LogP) is 3.51. The van der Waals surface area contributed by atoms with E-state index in [-0.39, 0.29) is 16.7 Å². The Morgan fingerprint density at radius 1 is 1.30 bits per heavy atom. The van der Waals surface area contributed by atoms with Crippen molar-refractivity contribution in [1.29, 1.82) is 0 Å². The van der Waals surface area contributed by atoms with Gasteiger partial charge in [-0.15, -0.1) is 0 Å². The van der Waals surface area contributed by atoms with Crippen LogP contribution in [0.1, 0.15) is 36.0 Å². The van der Waals surface area contributed by atoms with Crippen molar-refractivity contribution in [3.63, 3.8) is 0 Å². The first kappa shape index (κ1) is 15.5. The molecule has 0 atom stereocenters. The summed E-state index contributed by atoms with van der Waals surface area (Å²) in [6.45, 7) is 0. The van der Waals surface area contributed by atoms with E-state index < -0.39 is 25.7 Å². The van der Waals surface area contributed by atoms with Gasteiger partial charge in [-0.05, 0) is 37.8 Å². The monoisotopic (exact) mass is 340 g/mol. The first-order valence-electron chi connectivity index (χ1n) is 5.93. The molecule has 0 aliphatic heterocycles. The number of benzene rings is 1. The van der Waals surface area contributed by atoms with Gasteiger partial charge in [0, 0.05) is 10.7 Å². The molecule has 0 amide bonds. The van der Waals surface area contributed by atoms with Gasteiger partial charge in [0.15, 0.2) is 0 Å². The summed E-state index contributed by atoms with van der Waals surface area (Å²) in [5, 5.41) is -0.213. The lowest BCUT2D eigenvalue weighted by Gasteiger charge is -2.12. The third-order valence-corrected chi connectivity index (χ3v) is 4.73. The Bertz CT molecular complexity index is 639. The van der Waals surface area contributed by atoms with Crippen LogP contribution in [0.15, 0.2) is 17.0 Å². The van der Waals surface area contributed by atoms with E-state index >= 15 is 0 Å². The Balaban J connectivity index is 2.33. The molecule has 4 nitrogen and oxygen atoms in total. The van der Waals surface area contributed by atoms with Crippen LogP contribution in [0.25, 0.3) is 0 Å². The highest BCUT2D eigenvalue weighted by atomic mass is 35.7. The fourth-order valence-electron chi connectivity index (χ4n) is 2.09. The highest BCUT2D eigenvalue weighted by Gasteiger charge is 2.25. The molecule has 1 aliphatic carbocycles. The second-order valence-electron chi connectivity index (χ2n) is 4.51. The van der Waals surface area contributed by atoms with E-state index in [1.165, 1.54) is 0 Å². The van der Waals surface area contributed by atoms with Gasteiger partial charge in [-0.2, -0.15) is 0 Å². The van der Waals surface area contributed by atoms with Gasteiger partial charge in [0.2, 0.25) is 0 Å². The van der Waals surface area contributed by atoms with E-state index in [1.54, 1.807) is 0 Å². The fraction of sp³-hybridized carbons (Fsp3) is 0.417. The third kappa shape index (κ3) is 3.42. The van der Waals surface area contributed by atoms with Crippen LogP contribution in [0.5, 0.6) is 0 Å². The lowest BCUT2D eigenvalue weighted by molar-refractivity contribution is 0.0317. The molecule has 0 unspecified atom stereocenters. The van der Waals surface area contributed by atoms with Crippen LogP contribution >= 0.6 is 22.3 Å². The van der Waals surface area contributed by atoms with Gasteiger partial charge < -0.3 is 4.74 Å². The van der Waals surface area contributed by atoms with Crippen LogP contribution in [0.3, 0.4) is 0 Å². The van der Waals surface area contributed by atoms with Crippen LogP contribution in [0.2, 0.25) is 5.02 Å². The standard InChI is InChI=1S/C12H11Cl2FO4S/c13-9-6-10(15)11(20(14,17)18)5-8(9)12(16)19-7-3-1-2-4-7/h5-7H,1-4H2. The SMILES string of the molecule is O=C(OC1CCCC1)c1cc(S(=O)(=O)Cl)c(F)cc1Cl. The average Bonchev–Trinajstić information content (AvgIpc) is 2.79. The van der Waals surface area contributed by atoms with Crippen molar-refractivity contribution in [3.8, 4) is 0 Å². The molecule has 1 saturated carbocycles. The minimum atomic E-state index is -4.30. The summed E-state index contributed by atoms with van der Waals surface area (Å²) in [7, 11) is 0.797. The molecule has 0 aromatic heterocycles. The Morgan fingerprint density at radius 3 is 2.45 bits per heavy atom. The van der Waals surface area contributed by atoms with Crippen LogP contribution in [-0.4, -0.2) is 20.5 Å². The van der Waals surface area contributed by atoms with Gasteiger partial charge in [-0.1, -0.05) is 11.6 Å². The molecule has 0 radical (unpaired) electrons. The van der Waals surface area contributed by atoms with E-state index in [0.29, 0.717) is 0 Å². The maximum absolute atomic E-state index is 13.5. The average molecular weight is 341 g/mol. The number of carbonyl (C=O) groups is 1. The number of carbonyl (C=O) groups excluding carboxylic acids is 1. The summed E-state index contributed by atoms with van der Waals surface area (Å²) in [6.07, 6.45) is 3.24.